The first-order valence-corrected chi connectivity index (χ1v) is 10.3. The Morgan fingerprint density at radius 1 is 1.04 bits per heavy atom. The molecule has 146 valence electrons. The average molecular weight is 396 g/mol. The number of benzene rings is 2. The lowest BCUT2D eigenvalue weighted by Crippen LogP contribution is -2.29. The maximum absolute atomic E-state index is 12.4. The summed E-state index contributed by atoms with van der Waals surface area (Å²) in [6.45, 7) is 8.18. The molecule has 6 heteroatoms. The predicted octanol–water partition coefficient (Wildman–Crippen LogP) is 5.02. The van der Waals surface area contributed by atoms with Crippen LogP contribution in [0.5, 0.6) is 0 Å². The maximum Gasteiger partial charge on any atom is 0.277 e. The predicted molar refractivity (Wildman–Crippen MR) is 112 cm³/mol. The van der Waals surface area contributed by atoms with Crippen LogP contribution >= 0.6 is 11.8 Å². The van der Waals surface area contributed by atoms with E-state index in [2.05, 4.69) is 59.7 Å². The number of carbonyl (C=O) groups excluding carboxylic acids is 1. The van der Waals surface area contributed by atoms with Crippen molar-refractivity contribution in [3.63, 3.8) is 0 Å². The van der Waals surface area contributed by atoms with E-state index >= 15 is 0 Å². The molecule has 0 unspecified atom stereocenters. The van der Waals surface area contributed by atoms with Gasteiger partial charge in [0.25, 0.3) is 5.22 Å². The molecular weight excluding hydrogens is 370 g/mol. The second-order valence-corrected chi connectivity index (χ2v) is 7.90. The van der Waals surface area contributed by atoms with E-state index in [1.807, 2.05) is 26.0 Å². The molecule has 0 aliphatic rings. The van der Waals surface area contributed by atoms with Crippen LogP contribution in [0.25, 0.3) is 11.5 Å². The van der Waals surface area contributed by atoms with Crippen LogP contribution in [0.1, 0.15) is 41.6 Å². The minimum Gasteiger partial charge on any atom is -0.411 e. The first-order valence-electron chi connectivity index (χ1n) is 9.35. The molecule has 0 aliphatic carbocycles. The molecule has 0 saturated heterocycles. The second kappa shape index (κ2) is 9.06. The first kappa shape index (κ1) is 20.1. The van der Waals surface area contributed by atoms with Gasteiger partial charge in [0.15, 0.2) is 0 Å². The fraction of sp³-hybridized carbons (Fsp3) is 0.318. The molecule has 0 fully saturated rings. The molecule has 0 bridgehead atoms. The Morgan fingerprint density at radius 2 is 1.71 bits per heavy atom. The normalized spacial score (nSPS) is 12.0. The number of thioether (sulfide) groups is 1. The molecule has 1 N–H and O–H groups in total. The summed E-state index contributed by atoms with van der Waals surface area (Å²) in [6.07, 6.45) is 0.830. The van der Waals surface area contributed by atoms with Gasteiger partial charge in [-0.1, -0.05) is 65.7 Å². The molecule has 1 aromatic heterocycles. The average Bonchev–Trinajstić information content (AvgIpc) is 3.14. The van der Waals surface area contributed by atoms with Crippen LogP contribution in [0.3, 0.4) is 0 Å². The Hall–Kier alpha value is -2.60. The maximum atomic E-state index is 12.4. The molecule has 3 rings (SSSR count). The van der Waals surface area contributed by atoms with Gasteiger partial charge in [0, 0.05) is 5.56 Å². The minimum atomic E-state index is -0.0522. The van der Waals surface area contributed by atoms with E-state index in [-0.39, 0.29) is 17.7 Å². The van der Waals surface area contributed by atoms with Crippen LogP contribution in [-0.2, 0) is 4.79 Å². The minimum absolute atomic E-state index is 0.00205. The first-order chi connectivity index (χ1) is 13.4. The van der Waals surface area contributed by atoms with Gasteiger partial charge < -0.3 is 9.73 Å². The molecule has 5 nitrogen and oxygen atoms in total. The molecule has 1 atom stereocenters. The highest BCUT2D eigenvalue weighted by Crippen LogP contribution is 2.25. The standard InChI is InChI=1S/C22H25N3O2S/c1-5-19(17-8-6-14(2)7-9-17)23-20(26)13-28-22-25-24-21(27-22)18-11-15(3)10-16(4)12-18/h6-12,19H,5,13H2,1-4H3,(H,23,26)/t19-/m0/s1. The summed E-state index contributed by atoms with van der Waals surface area (Å²) in [7, 11) is 0. The number of carbonyl (C=O) groups is 1. The van der Waals surface area contributed by atoms with Crippen LogP contribution < -0.4 is 5.32 Å². The van der Waals surface area contributed by atoms with Crippen molar-refractivity contribution in [2.24, 2.45) is 0 Å². The van der Waals surface area contributed by atoms with Gasteiger partial charge in [-0.15, -0.1) is 10.2 Å². The number of hydrogen-bond acceptors (Lipinski definition) is 5. The summed E-state index contributed by atoms with van der Waals surface area (Å²) in [5, 5.41) is 11.6. The fourth-order valence-corrected chi connectivity index (χ4v) is 3.64. The van der Waals surface area contributed by atoms with E-state index in [0.29, 0.717) is 11.1 Å². The Labute approximate surface area is 170 Å². The Morgan fingerprint density at radius 3 is 2.36 bits per heavy atom. The Kier molecular flexibility index (Phi) is 6.52. The molecule has 0 aliphatic heterocycles. The van der Waals surface area contributed by atoms with Crippen molar-refractivity contribution in [1.29, 1.82) is 0 Å². The zero-order valence-electron chi connectivity index (χ0n) is 16.7. The van der Waals surface area contributed by atoms with E-state index in [1.54, 1.807) is 0 Å². The molecule has 0 spiro atoms. The largest absolute Gasteiger partial charge is 0.411 e. The highest BCUT2D eigenvalue weighted by Gasteiger charge is 2.15. The quantitative estimate of drug-likeness (QED) is 0.569. The third-order valence-electron chi connectivity index (χ3n) is 4.43. The lowest BCUT2D eigenvalue weighted by molar-refractivity contribution is -0.119. The molecule has 0 saturated carbocycles. The molecule has 3 aromatic rings. The van der Waals surface area contributed by atoms with Crippen LogP contribution in [0, 0.1) is 20.8 Å². The summed E-state index contributed by atoms with van der Waals surface area (Å²) in [6, 6.07) is 14.4. The summed E-state index contributed by atoms with van der Waals surface area (Å²) in [5.74, 6) is 0.654. The number of nitrogens with one attached hydrogen (secondary N) is 1. The Balaban J connectivity index is 1.58. The van der Waals surface area contributed by atoms with Crippen molar-refractivity contribution in [2.45, 2.75) is 45.4 Å². The molecule has 1 heterocycles. The summed E-state index contributed by atoms with van der Waals surface area (Å²) in [5.41, 5.74) is 5.50. The summed E-state index contributed by atoms with van der Waals surface area (Å²) >= 11 is 1.25. The lowest BCUT2D eigenvalue weighted by atomic mass is 10.0. The van der Waals surface area contributed by atoms with Crippen molar-refractivity contribution < 1.29 is 9.21 Å². The van der Waals surface area contributed by atoms with E-state index in [4.69, 9.17) is 4.42 Å². The number of aromatic nitrogens is 2. The number of aryl methyl sites for hydroxylation is 3. The zero-order valence-corrected chi connectivity index (χ0v) is 17.5. The SMILES string of the molecule is CC[C@H](NC(=O)CSc1nnc(-c2cc(C)cc(C)c2)o1)c1ccc(C)cc1. The molecule has 0 radical (unpaired) electrons. The van der Waals surface area contributed by atoms with Crippen LogP contribution in [-0.4, -0.2) is 21.9 Å². The van der Waals surface area contributed by atoms with Gasteiger partial charge in [-0.3, -0.25) is 4.79 Å². The number of rotatable bonds is 7. The van der Waals surface area contributed by atoms with E-state index in [0.717, 1.165) is 28.7 Å². The lowest BCUT2D eigenvalue weighted by Gasteiger charge is -2.17. The fourth-order valence-electron chi connectivity index (χ4n) is 3.07. The van der Waals surface area contributed by atoms with Gasteiger partial charge in [0.05, 0.1) is 11.8 Å². The smallest absolute Gasteiger partial charge is 0.277 e. The number of amides is 1. The summed E-state index contributed by atoms with van der Waals surface area (Å²) in [4.78, 5) is 12.4. The van der Waals surface area contributed by atoms with Gasteiger partial charge in [-0.05, 0) is 44.9 Å². The van der Waals surface area contributed by atoms with Crippen LogP contribution in [0.2, 0.25) is 0 Å². The van der Waals surface area contributed by atoms with E-state index < -0.39 is 0 Å². The van der Waals surface area contributed by atoms with Crippen molar-refractivity contribution in [2.75, 3.05) is 5.75 Å². The van der Waals surface area contributed by atoms with Gasteiger partial charge in [-0.25, -0.2) is 0 Å². The molecule has 1 amide bonds. The van der Waals surface area contributed by atoms with Gasteiger partial charge >= 0.3 is 0 Å². The monoisotopic (exact) mass is 395 g/mol. The van der Waals surface area contributed by atoms with Crippen molar-refractivity contribution in [3.05, 3.63) is 64.7 Å². The van der Waals surface area contributed by atoms with Gasteiger partial charge in [0.2, 0.25) is 11.8 Å². The van der Waals surface area contributed by atoms with Crippen molar-refractivity contribution in [3.8, 4) is 11.5 Å². The van der Waals surface area contributed by atoms with Crippen LogP contribution in [0.4, 0.5) is 0 Å². The third kappa shape index (κ3) is 5.23. The molecular formula is C22H25N3O2S. The molecule has 28 heavy (non-hydrogen) atoms. The van der Waals surface area contributed by atoms with E-state index in [1.165, 1.54) is 17.3 Å². The topological polar surface area (TPSA) is 68.0 Å². The van der Waals surface area contributed by atoms with Crippen molar-refractivity contribution >= 4 is 17.7 Å². The highest BCUT2D eigenvalue weighted by molar-refractivity contribution is 7.99. The zero-order chi connectivity index (χ0) is 20.1. The Bertz CT molecular complexity index is 930. The number of nitrogens with zero attached hydrogens (tertiary/aromatic N) is 2. The number of hydrogen-bond donors (Lipinski definition) is 1. The third-order valence-corrected chi connectivity index (χ3v) is 5.24. The van der Waals surface area contributed by atoms with Gasteiger partial charge in [0.1, 0.15) is 0 Å². The summed E-state index contributed by atoms with van der Waals surface area (Å²) < 4.78 is 5.72. The second-order valence-electron chi connectivity index (χ2n) is 6.98. The van der Waals surface area contributed by atoms with Crippen molar-refractivity contribution in [1.82, 2.24) is 15.5 Å². The van der Waals surface area contributed by atoms with Gasteiger partial charge in [-0.2, -0.15) is 0 Å². The van der Waals surface area contributed by atoms with Crippen LogP contribution in [0.15, 0.2) is 52.1 Å². The van der Waals surface area contributed by atoms with E-state index in [9.17, 15) is 4.79 Å². The molecule has 2 aromatic carbocycles. The highest BCUT2D eigenvalue weighted by atomic mass is 32.2.